The van der Waals surface area contributed by atoms with Crippen molar-refractivity contribution < 1.29 is 4.79 Å². The van der Waals surface area contributed by atoms with Crippen LogP contribution in [0.2, 0.25) is 0 Å². The Morgan fingerprint density at radius 1 is 1.60 bits per heavy atom. The first kappa shape index (κ1) is 6.93. The van der Waals surface area contributed by atoms with Gasteiger partial charge in [-0.3, -0.25) is 9.78 Å². The first-order valence-corrected chi connectivity index (χ1v) is 3.04. The molecule has 0 aromatic carbocycles. The number of Topliss-reactive ketones (excluding diaryl/α,β-unsaturated/α-hetero) is 1. The van der Waals surface area contributed by atoms with Crippen LogP contribution in [0.25, 0.3) is 0 Å². The molecule has 0 bridgehead atoms. The smallest absolute Gasteiger partial charge is 0.139 e. The molecular formula is C8H8NO. The lowest BCUT2D eigenvalue weighted by atomic mass is 10.2. The zero-order valence-corrected chi connectivity index (χ0v) is 5.58. The van der Waals surface area contributed by atoms with Crippen molar-refractivity contribution in [2.75, 3.05) is 0 Å². The second kappa shape index (κ2) is 3.11. The van der Waals surface area contributed by atoms with Crippen LogP contribution in [0, 0.1) is 6.92 Å². The van der Waals surface area contributed by atoms with Crippen LogP contribution >= 0.6 is 0 Å². The second-order valence-corrected chi connectivity index (χ2v) is 2.04. The highest BCUT2D eigenvalue weighted by Crippen LogP contribution is 1.93. The predicted molar refractivity (Wildman–Crippen MR) is 38.3 cm³/mol. The molecule has 1 heterocycles. The van der Waals surface area contributed by atoms with E-state index in [0.29, 0.717) is 6.42 Å². The summed E-state index contributed by atoms with van der Waals surface area (Å²) in [5, 5.41) is 0. The molecule has 1 aromatic rings. The number of aromatic nitrogens is 1. The Balaban J connectivity index is 2.67. The van der Waals surface area contributed by atoms with Crippen LogP contribution in [-0.4, -0.2) is 10.8 Å². The number of hydrogen-bond donors (Lipinski definition) is 0. The highest BCUT2D eigenvalue weighted by Gasteiger charge is 1.95. The molecule has 0 atom stereocenters. The van der Waals surface area contributed by atoms with Gasteiger partial charge in [0.15, 0.2) is 0 Å². The summed E-state index contributed by atoms with van der Waals surface area (Å²) >= 11 is 0. The van der Waals surface area contributed by atoms with Crippen molar-refractivity contribution in [3.8, 4) is 0 Å². The minimum Gasteiger partial charge on any atom is -0.299 e. The molecule has 10 heavy (non-hydrogen) atoms. The van der Waals surface area contributed by atoms with Crippen molar-refractivity contribution in [1.29, 1.82) is 0 Å². The van der Waals surface area contributed by atoms with E-state index in [-0.39, 0.29) is 5.78 Å². The zero-order chi connectivity index (χ0) is 7.40. The lowest BCUT2D eigenvalue weighted by Gasteiger charge is -1.92. The molecule has 0 fully saturated rings. The van der Waals surface area contributed by atoms with Gasteiger partial charge < -0.3 is 0 Å². The van der Waals surface area contributed by atoms with Crippen LogP contribution < -0.4 is 0 Å². The van der Waals surface area contributed by atoms with Crippen molar-refractivity contribution in [3.05, 3.63) is 37.0 Å². The minimum atomic E-state index is -0.0984. The van der Waals surface area contributed by atoms with E-state index in [1.54, 1.807) is 6.20 Å². The van der Waals surface area contributed by atoms with E-state index in [4.69, 9.17) is 0 Å². The average molecular weight is 134 g/mol. The molecule has 2 heteroatoms. The zero-order valence-electron chi connectivity index (χ0n) is 5.58. The van der Waals surface area contributed by atoms with Gasteiger partial charge in [0, 0.05) is 25.2 Å². The molecule has 1 radical (unpaired) electrons. The first-order chi connectivity index (χ1) is 4.79. The van der Waals surface area contributed by atoms with Crippen molar-refractivity contribution in [2.45, 2.75) is 6.42 Å². The van der Waals surface area contributed by atoms with Gasteiger partial charge in [0.1, 0.15) is 5.78 Å². The summed E-state index contributed by atoms with van der Waals surface area (Å²) in [5.41, 5.74) is 0.780. The normalized spacial score (nSPS) is 9.30. The van der Waals surface area contributed by atoms with E-state index in [0.717, 1.165) is 5.69 Å². The summed E-state index contributed by atoms with van der Waals surface area (Å²) in [6.07, 6.45) is 2.00. The Labute approximate surface area is 59.9 Å². The molecule has 2 nitrogen and oxygen atoms in total. The quantitative estimate of drug-likeness (QED) is 0.604. The van der Waals surface area contributed by atoms with Gasteiger partial charge in [-0.05, 0) is 12.1 Å². The number of rotatable bonds is 2. The predicted octanol–water partition coefficient (Wildman–Crippen LogP) is 1.03. The number of carbonyl (C=O) groups is 1. The molecule has 51 valence electrons. The Morgan fingerprint density at radius 3 is 2.90 bits per heavy atom. The van der Waals surface area contributed by atoms with Gasteiger partial charge in [-0.25, -0.2) is 0 Å². The fourth-order valence-corrected chi connectivity index (χ4v) is 0.705. The molecule has 0 N–H and O–H groups in total. The molecule has 1 rings (SSSR count). The molecule has 0 spiro atoms. The number of carbonyl (C=O) groups excluding carboxylic acids is 1. The third-order valence-electron chi connectivity index (χ3n) is 1.10. The van der Waals surface area contributed by atoms with Crippen LogP contribution in [0.3, 0.4) is 0 Å². The molecule has 0 aliphatic heterocycles. The van der Waals surface area contributed by atoms with Gasteiger partial charge in [0.2, 0.25) is 0 Å². The molecule has 0 amide bonds. The van der Waals surface area contributed by atoms with Gasteiger partial charge in [0.05, 0.1) is 0 Å². The molecule has 0 unspecified atom stereocenters. The maximum absolute atomic E-state index is 10.5. The molecule has 1 aromatic heterocycles. The molecule has 0 saturated carbocycles. The maximum atomic E-state index is 10.5. The van der Waals surface area contributed by atoms with Gasteiger partial charge >= 0.3 is 0 Å². The molecule has 0 saturated heterocycles. The number of pyridine rings is 1. The third-order valence-corrected chi connectivity index (χ3v) is 1.10. The number of ketones is 1. The Bertz CT molecular complexity index is 218. The minimum absolute atomic E-state index is 0.0984. The maximum Gasteiger partial charge on any atom is 0.139 e. The van der Waals surface area contributed by atoms with E-state index in [2.05, 4.69) is 11.9 Å². The fourth-order valence-electron chi connectivity index (χ4n) is 0.705. The Kier molecular flexibility index (Phi) is 2.15. The Hall–Kier alpha value is -1.18. The average Bonchev–Trinajstić information content (AvgIpc) is 1.88. The van der Waals surface area contributed by atoms with Crippen LogP contribution in [0.4, 0.5) is 0 Å². The molecular weight excluding hydrogens is 126 g/mol. The Morgan fingerprint density at radius 2 is 2.40 bits per heavy atom. The third kappa shape index (κ3) is 1.97. The van der Waals surface area contributed by atoms with Crippen molar-refractivity contribution in [1.82, 2.24) is 4.98 Å². The summed E-state index contributed by atoms with van der Waals surface area (Å²) in [7, 11) is 0. The standard InChI is InChI=1S/C8H8NO/c1-7(10)6-8-4-2-3-5-9-8/h2-5H,1,6H2. The lowest BCUT2D eigenvalue weighted by Crippen LogP contribution is -1.97. The van der Waals surface area contributed by atoms with Crippen LogP contribution in [0.1, 0.15) is 5.69 Å². The lowest BCUT2D eigenvalue weighted by molar-refractivity contribution is -0.114. The van der Waals surface area contributed by atoms with E-state index < -0.39 is 0 Å². The summed E-state index contributed by atoms with van der Waals surface area (Å²) in [6.45, 7) is 3.25. The topological polar surface area (TPSA) is 30.0 Å². The van der Waals surface area contributed by atoms with Crippen LogP contribution in [0.5, 0.6) is 0 Å². The van der Waals surface area contributed by atoms with Gasteiger partial charge in [-0.15, -0.1) is 0 Å². The van der Waals surface area contributed by atoms with Crippen LogP contribution in [-0.2, 0) is 11.2 Å². The monoisotopic (exact) mass is 134 g/mol. The van der Waals surface area contributed by atoms with Crippen molar-refractivity contribution in [3.63, 3.8) is 0 Å². The van der Waals surface area contributed by atoms with E-state index >= 15 is 0 Å². The van der Waals surface area contributed by atoms with Crippen molar-refractivity contribution >= 4 is 5.78 Å². The summed E-state index contributed by atoms with van der Waals surface area (Å²) in [4.78, 5) is 14.4. The summed E-state index contributed by atoms with van der Waals surface area (Å²) < 4.78 is 0. The largest absolute Gasteiger partial charge is 0.299 e. The van der Waals surface area contributed by atoms with E-state index in [9.17, 15) is 4.79 Å². The molecule has 0 aliphatic carbocycles. The highest BCUT2D eigenvalue weighted by molar-refractivity contribution is 5.84. The summed E-state index contributed by atoms with van der Waals surface area (Å²) in [5.74, 6) is -0.0984. The molecule has 0 aliphatic rings. The van der Waals surface area contributed by atoms with Gasteiger partial charge in [0.25, 0.3) is 0 Å². The van der Waals surface area contributed by atoms with E-state index in [1.165, 1.54) is 0 Å². The second-order valence-electron chi connectivity index (χ2n) is 2.04. The van der Waals surface area contributed by atoms with Crippen LogP contribution in [0.15, 0.2) is 24.4 Å². The summed E-state index contributed by atoms with van der Waals surface area (Å²) in [6, 6.07) is 5.48. The van der Waals surface area contributed by atoms with Gasteiger partial charge in [-0.2, -0.15) is 0 Å². The fraction of sp³-hybridized carbons (Fsp3) is 0.125. The number of nitrogens with zero attached hydrogens (tertiary/aromatic N) is 1. The first-order valence-electron chi connectivity index (χ1n) is 3.04. The highest BCUT2D eigenvalue weighted by atomic mass is 16.1. The van der Waals surface area contributed by atoms with E-state index in [1.807, 2.05) is 18.2 Å². The number of hydrogen-bond acceptors (Lipinski definition) is 2. The van der Waals surface area contributed by atoms with Crippen molar-refractivity contribution in [2.24, 2.45) is 0 Å². The SMILES string of the molecule is [CH2]C(=O)Cc1ccccn1. The van der Waals surface area contributed by atoms with Gasteiger partial charge in [-0.1, -0.05) is 6.07 Å².